The summed E-state index contributed by atoms with van der Waals surface area (Å²) in [6, 6.07) is 0.112. The van der Waals surface area contributed by atoms with Crippen molar-refractivity contribution in [1.82, 2.24) is 9.97 Å². The molecule has 0 bridgehead atoms. The van der Waals surface area contributed by atoms with Crippen LogP contribution in [0, 0.1) is 13.8 Å². The van der Waals surface area contributed by atoms with E-state index < -0.39 is 0 Å². The highest BCUT2D eigenvalue weighted by atomic mass is 35.5. The van der Waals surface area contributed by atoms with Gasteiger partial charge in [-0.25, -0.2) is 9.97 Å². The SMILES string of the molecule is Cc1nc(Cl)c(N2CCCCCC2CO)nc1C. The molecule has 0 aliphatic carbocycles. The van der Waals surface area contributed by atoms with E-state index in [1.54, 1.807) is 0 Å². The molecule has 1 aromatic rings. The fourth-order valence-electron chi connectivity index (χ4n) is 2.39. The van der Waals surface area contributed by atoms with Gasteiger partial charge in [0.15, 0.2) is 11.0 Å². The van der Waals surface area contributed by atoms with Crippen LogP contribution in [0.3, 0.4) is 0 Å². The number of aromatic nitrogens is 2. The second kappa shape index (κ2) is 5.85. The number of hydrogen-bond acceptors (Lipinski definition) is 4. The van der Waals surface area contributed by atoms with Crippen molar-refractivity contribution in [2.24, 2.45) is 0 Å². The lowest BCUT2D eigenvalue weighted by Gasteiger charge is -2.30. The number of nitrogens with zero attached hydrogens (tertiary/aromatic N) is 3. The van der Waals surface area contributed by atoms with E-state index in [1.807, 2.05) is 13.8 Å². The monoisotopic (exact) mass is 269 g/mol. The lowest BCUT2D eigenvalue weighted by atomic mass is 10.1. The van der Waals surface area contributed by atoms with Gasteiger partial charge in [-0.3, -0.25) is 0 Å². The van der Waals surface area contributed by atoms with Crippen molar-refractivity contribution >= 4 is 17.4 Å². The van der Waals surface area contributed by atoms with Crippen molar-refractivity contribution in [3.63, 3.8) is 0 Å². The van der Waals surface area contributed by atoms with Crippen LogP contribution in [0.1, 0.15) is 37.1 Å². The molecule has 4 nitrogen and oxygen atoms in total. The molecule has 100 valence electrons. The van der Waals surface area contributed by atoms with Crippen LogP contribution in [0.15, 0.2) is 0 Å². The third-order valence-corrected chi connectivity index (χ3v) is 3.86. The van der Waals surface area contributed by atoms with Crippen LogP contribution in [0.5, 0.6) is 0 Å². The maximum absolute atomic E-state index is 9.53. The predicted molar refractivity (Wildman–Crippen MR) is 73.2 cm³/mol. The second-order valence-corrected chi connectivity index (χ2v) is 5.25. The van der Waals surface area contributed by atoms with E-state index in [9.17, 15) is 5.11 Å². The molecule has 2 heterocycles. The van der Waals surface area contributed by atoms with Crippen molar-refractivity contribution in [3.8, 4) is 0 Å². The highest BCUT2D eigenvalue weighted by molar-refractivity contribution is 6.31. The molecule has 1 aliphatic heterocycles. The highest BCUT2D eigenvalue weighted by Gasteiger charge is 2.24. The average molecular weight is 270 g/mol. The minimum Gasteiger partial charge on any atom is -0.394 e. The molecule has 0 radical (unpaired) electrons. The fraction of sp³-hybridized carbons (Fsp3) is 0.692. The second-order valence-electron chi connectivity index (χ2n) is 4.89. The zero-order chi connectivity index (χ0) is 13.1. The number of halogens is 1. The van der Waals surface area contributed by atoms with Crippen LogP contribution in [0.4, 0.5) is 5.82 Å². The maximum atomic E-state index is 9.53. The molecule has 0 saturated carbocycles. The smallest absolute Gasteiger partial charge is 0.171 e. The number of aryl methyl sites for hydroxylation is 2. The number of aliphatic hydroxyl groups is 1. The van der Waals surface area contributed by atoms with Crippen LogP contribution < -0.4 is 4.90 Å². The van der Waals surface area contributed by atoms with E-state index >= 15 is 0 Å². The zero-order valence-corrected chi connectivity index (χ0v) is 11.7. The number of anilines is 1. The molecule has 0 spiro atoms. The zero-order valence-electron chi connectivity index (χ0n) is 11.0. The number of aliphatic hydroxyl groups excluding tert-OH is 1. The Morgan fingerprint density at radius 3 is 2.67 bits per heavy atom. The van der Waals surface area contributed by atoms with Crippen LogP contribution in [-0.2, 0) is 0 Å². The summed E-state index contributed by atoms with van der Waals surface area (Å²) in [5.74, 6) is 0.723. The molecule has 1 N–H and O–H groups in total. The first kappa shape index (κ1) is 13.6. The Hall–Kier alpha value is -0.870. The van der Waals surface area contributed by atoms with E-state index in [-0.39, 0.29) is 12.6 Å². The van der Waals surface area contributed by atoms with Crippen molar-refractivity contribution < 1.29 is 5.11 Å². The van der Waals surface area contributed by atoms with Gasteiger partial charge in [0, 0.05) is 6.54 Å². The van der Waals surface area contributed by atoms with Crippen molar-refractivity contribution in [2.75, 3.05) is 18.1 Å². The summed E-state index contributed by atoms with van der Waals surface area (Å²) in [7, 11) is 0. The normalized spacial score (nSPS) is 20.9. The number of hydrogen-bond donors (Lipinski definition) is 1. The third kappa shape index (κ3) is 2.75. The van der Waals surface area contributed by atoms with Gasteiger partial charge in [0.05, 0.1) is 24.0 Å². The maximum Gasteiger partial charge on any atom is 0.171 e. The van der Waals surface area contributed by atoms with Crippen LogP contribution in [0.2, 0.25) is 5.15 Å². The third-order valence-electron chi connectivity index (χ3n) is 3.61. The standard InChI is InChI=1S/C13H20ClN3O/c1-9-10(2)16-13(12(14)15-9)17-7-5-3-4-6-11(17)8-18/h11,18H,3-8H2,1-2H3. The molecule has 18 heavy (non-hydrogen) atoms. The molecule has 0 aromatic carbocycles. The summed E-state index contributed by atoms with van der Waals surface area (Å²) in [5.41, 5.74) is 1.76. The minimum absolute atomic E-state index is 0.112. The summed E-state index contributed by atoms with van der Waals surface area (Å²) < 4.78 is 0. The Labute approximate surface area is 113 Å². The van der Waals surface area contributed by atoms with E-state index in [4.69, 9.17) is 11.6 Å². The molecular weight excluding hydrogens is 250 g/mol. The molecule has 1 saturated heterocycles. The quantitative estimate of drug-likeness (QED) is 0.896. The first-order valence-electron chi connectivity index (χ1n) is 6.51. The lowest BCUT2D eigenvalue weighted by molar-refractivity contribution is 0.254. The molecular formula is C13H20ClN3O. The predicted octanol–water partition coefficient (Wildman–Crippen LogP) is 2.49. The Morgan fingerprint density at radius 2 is 1.94 bits per heavy atom. The molecule has 1 aromatic heterocycles. The molecule has 1 unspecified atom stereocenters. The van der Waals surface area contributed by atoms with Gasteiger partial charge in [0.25, 0.3) is 0 Å². The van der Waals surface area contributed by atoms with Gasteiger partial charge in [-0.05, 0) is 26.7 Å². The fourth-order valence-corrected chi connectivity index (χ4v) is 2.67. The summed E-state index contributed by atoms with van der Waals surface area (Å²) in [5, 5.41) is 9.97. The van der Waals surface area contributed by atoms with E-state index in [0.717, 1.165) is 43.0 Å². The van der Waals surface area contributed by atoms with Crippen molar-refractivity contribution in [2.45, 2.75) is 45.6 Å². The van der Waals surface area contributed by atoms with Crippen molar-refractivity contribution in [3.05, 3.63) is 16.5 Å². The van der Waals surface area contributed by atoms with E-state index in [1.165, 1.54) is 6.42 Å². The topological polar surface area (TPSA) is 49.2 Å². The molecule has 1 aliphatic rings. The Morgan fingerprint density at radius 1 is 1.22 bits per heavy atom. The van der Waals surface area contributed by atoms with Crippen LogP contribution in [-0.4, -0.2) is 34.3 Å². The summed E-state index contributed by atoms with van der Waals surface area (Å²) in [4.78, 5) is 11.0. The largest absolute Gasteiger partial charge is 0.394 e. The van der Waals surface area contributed by atoms with Gasteiger partial charge in [-0.1, -0.05) is 24.4 Å². The molecule has 1 atom stereocenters. The van der Waals surface area contributed by atoms with Gasteiger partial charge in [-0.15, -0.1) is 0 Å². The van der Waals surface area contributed by atoms with Crippen LogP contribution in [0.25, 0.3) is 0 Å². The minimum atomic E-state index is 0.112. The lowest BCUT2D eigenvalue weighted by Crippen LogP contribution is -2.38. The molecule has 0 amide bonds. The summed E-state index contributed by atoms with van der Waals surface area (Å²) >= 11 is 6.21. The molecule has 2 rings (SSSR count). The average Bonchev–Trinajstić information content (AvgIpc) is 2.58. The van der Waals surface area contributed by atoms with E-state index in [2.05, 4.69) is 14.9 Å². The van der Waals surface area contributed by atoms with Gasteiger partial charge in [0.1, 0.15) is 0 Å². The van der Waals surface area contributed by atoms with Gasteiger partial charge >= 0.3 is 0 Å². The summed E-state index contributed by atoms with van der Waals surface area (Å²) in [6.07, 6.45) is 4.45. The van der Waals surface area contributed by atoms with Gasteiger partial charge in [-0.2, -0.15) is 0 Å². The summed E-state index contributed by atoms with van der Waals surface area (Å²) in [6.45, 7) is 4.88. The molecule has 1 fully saturated rings. The first-order valence-corrected chi connectivity index (χ1v) is 6.89. The van der Waals surface area contributed by atoms with Gasteiger partial charge in [0.2, 0.25) is 0 Å². The Kier molecular flexibility index (Phi) is 4.40. The highest BCUT2D eigenvalue weighted by Crippen LogP contribution is 2.28. The Balaban J connectivity index is 2.35. The van der Waals surface area contributed by atoms with Gasteiger partial charge < -0.3 is 10.0 Å². The van der Waals surface area contributed by atoms with Crippen LogP contribution >= 0.6 is 11.6 Å². The first-order chi connectivity index (χ1) is 8.63. The number of rotatable bonds is 2. The van der Waals surface area contributed by atoms with Crippen molar-refractivity contribution in [1.29, 1.82) is 0 Å². The molecule has 5 heteroatoms. The van der Waals surface area contributed by atoms with E-state index in [0.29, 0.717) is 5.15 Å². The Bertz CT molecular complexity index is 425.